The summed E-state index contributed by atoms with van der Waals surface area (Å²) in [6, 6.07) is 4.65. The van der Waals surface area contributed by atoms with Gasteiger partial charge in [0.2, 0.25) is 0 Å². The van der Waals surface area contributed by atoms with Crippen LogP contribution in [0.4, 0.5) is 14.9 Å². The number of carbonyl (C=O) groups is 2. The number of carbonyl (C=O) groups excluding carboxylic acids is 2. The third-order valence-electron chi connectivity index (χ3n) is 2.72. The molecule has 1 heterocycles. The van der Waals surface area contributed by atoms with Crippen LogP contribution in [0.5, 0.6) is 0 Å². The van der Waals surface area contributed by atoms with Gasteiger partial charge in [-0.15, -0.1) is 0 Å². The highest BCUT2D eigenvalue weighted by atomic mass is 32.2. The summed E-state index contributed by atoms with van der Waals surface area (Å²) < 4.78 is 13.6. The number of para-hydroxylation sites is 1. The molecular formula is C12H13FN2O2S. The highest BCUT2D eigenvalue weighted by Gasteiger charge is 2.39. The Morgan fingerprint density at radius 3 is 2.78 bits per heavy atom. The maximum Gasteiger partial charge on any atom is 0.329 e. The molecule has 1 unspecified atom stereocenters. The van der Waals surface area contributed by atoms with Crippen molar-refractivity contribution in [1.29, 1.82) is 0 Å². The average molecular weight is 268 g/mol. The molecule has 1 aromatic rings. The zero-order valence-corrected chi connectivity index (χ0v) is 10.7. The Morgan fingerprint density at radius 1 is 1.39 bits per heavy atom. The fraction of sp³-hybridized carbons (Fsp3) is 0.333. The third kappa shape index (κ3) is 2.33. The van der Waals surface area contributed by atoms with Gasteiger partial charge in [0.05, 0.1) is 5.69 Å². The number of amides is 3. The monoisotopic (exact) mass is 268 g/mol. The number of nitrogens with zero attached hydrogens (tertiary/aromatic N) is 1. The number of anilines is 1. The molecule has 1 saturated heterocycles. The molecule has 3 amide bonds. The lowest BCUT2D eigenvalue weighted by molar-refractivity contribution is -0.118. The van der Waals surface area contributed by atoms with E-state index in [4.69, 9.17) is 0 Å². The van der Waals surface area contributed by atoms with Crippen LogP contribution >= 0.6 is 11.8 Å². The summed E-state index contributed by atoms with van der Waals surface area (Å²) in [5.74, 6) is -0.201. The van der Waals surface area contributed by atoms with Crippen molar-refractivity contribution in [1.82, 2.24) is 5.32 Å². The second kappa shape index (κ2) is 5.39. The number of hydrogen-bond acceptors (Lipinski definition) is 3. The molecule has 1 N–H and O–H groups in total. The average Bonchev–Trinajstić information content (AvgIpc) is 2.63. The first kappa shape index (κ1) is 12.9. The summed E-state index contributed by atoms with van der Waals surface area (Å²) in [5.41, 5.74) is 0.00616. The maximum absolute atomic E-state index is 13.6. The van der Waals surface area contributed by atoms with Gasteiger partial charge in [-0.2, -0.15) is 11.8 Å². The van der Waals surface area contributed by atoms with Crippen LogP contribution in [0.25, 0.3) is 0 Å². The number of nitrogens with one attached hydrogen (secondary N) is 1. The number of hydrogen-bond donors (Lipinski definition) is 1. The summed E-state index contributed by atoms with van der Waals surface area (Å²) in [4.78, 5) is 24.6. The van der Waals surface area contributed by atoms with Gasteiger partial charge in [0.15, 0.2) is 0 Å². The van der Waals surface area contributed by atoms with Gasteiger partial charge < -0.3 is 5.32 Å². The van der Waals surface area contributed by atoms with Crippen LogP contribution < -0.4 is 10.2 Å². The van der Waals surface area contributed by atoms with Crippen LogP contribution in [0.2, 0.25) is 0 Å². The molecular weight excluding hydrogens is 255 g/mol. The minimum Gasteiger partial charge on any atom is -0.325 e. The number of benzene rings is 1. The molecule has 0 bridgehead atoms. The normalized spacial score (nSPS) is 19.2. The molecule has 0 aliphatic carbocycles. The van der Waals surface area contributed by atoms with E-state index >= 15 is 0 Å². The first-order chi connectivity index (χ1) is 8.65. The van der Waals surface area contributed by atoms with Gasteiger partial charge >= 0.3 is 6.03 Å². The van der Waals surface area contributed by atoms with Crippen molar-refractivity contribution in [2.45, 2.75) is 12.5 Å². The summed E-state index contributed by atoms with van der Waals surface area (Å²) in [7, 11) is 0. The molecule has 1 aliphatic rings. The van der Waals surface area contributed by atoms with Crippen LogP contribution in [0.15, 0.2) is 24.3 Å². The van der Waals surface area contributed by atoms with Crippen molar-refractivity contribution < 1.29 is 14.0 Å². The number of rotatable bonds is 4. The standard InChI is InChI=1S/C12H13FN2O2S/c1-18-7-6-9-11(16)15(12(17)14-9)10-5-3-2-4-8(10)13/h2-5,9H,6-7H2,1H3,(H,14,17). The highest BCUT2D eigenvalue weighted by Crippen LogP contribution is 2.23. The van der Waals surface area contributed by atoms with Crippen molar-refractivity contribution in [3.63, 3.8) is 0 Å². The van der Waals surface area contributed by atoms with E-state index in [1.54, 1.807) is 17.8 Å². The van der Waals surface area contributed by atoms with E-state index in [0.29, 0.717) is 6.42 Å². The zero-order valence-electron chi connectivity index (χ0n) is 9.85. The summed E-state index contributed by atoms with van der Waals surface area (Å²) in [5, 5.41) is 2.57. The fourth-order valence-electron chi connectivity index (χ4n) is 1.82. The molecule has 1 aromatic carbocycles. The van der Waals surface area contributed by atoms with Crippen LogP contribution in [0.1, 0.15) is 6.42 Å². The van der Waals surface area contributed by atoms with Gasteiger partial charge in [0.1, 0.15) is 11.9 Å². The van der Waals surface area contributed by atoms with Crippen molar-refractivity contribution >= 4 is 29.4 Å². The van der Waals surface area contributed by atoms with Gasteiger partial charge in [-0.3, -0.25) is 4.79 Å². The predicted octanol–water partition coefficient (Wildman–Crippen LogP) is 2.00. The van der Waals surface area contributed by atoms with E-state index in [0.717, 1.165) is 10.7 Å². The van der Waals surface area contributed by atoms with Gasteiger partial charge in [-0.1, -0.05) is 12.1 Å². The van der Waals surface area contributed by atoms with E-state index in [-0.39, 0.29) is 11.6 Å². The molecule has 96 valence electrons. The van der Waals surface area contributed by atoms with E-state index in [2.05, 4.69) is 5.32 Å². The summed E-state index contributed by atoms with van der Waals surface area (Å²) in [6.07, 6.45) is 2.48. The Balaban J connectivity index is 2.22. The SMILES string of the molecule is CSCCC1NC(=O)N(c2ccccc2F)C1=O. The molecule has 0 spiro atoms. The zero-order chi connectivity index (χ0) is 13.1. The number of halogens is 1. The van der Waals surface area contributed by atoms with E-state index in [9.17, 15) is 14.0 Å². The Bertz CT molecular complexity index is 481. The molecule has 18 heavy (non-hydrogen) atoms. The van der Waals surface area contributed by atoms with Crippen molar-refractivity contribution in [3.05, 3.63) is 30.1 Å². The first-order valence-electron chi connectivity index (χ1n) is 5.53. The van der Waals surface area contributed by atoms with Crippen LogP contribution in [0.3, 0.4) is 0 Å². The molecule has 0 aromatic heterocycles. The molecule has 0 radical (unpaired) electrons. The summed E-state index contributed by atoms with van der Waals surface area (Å²) >= 11 is 1.60. The Morgan fingerprint density at radius 2 is 2.11 bits per heavy atom. The summed E-state index contributed by atoms with van der Waals surface area (Å²) in [6.45, 7) is 0. The van der Waals surface area contributed by atoms with Crippen molar-refractivity contribution in [2.24, 2.45) is 0 Å². The molecule has 1 fully saturated rings. The number of thioether (sulfide) groups is 1. The molecule has 2 rings (SSSR count). The smallest absolute Gasteiger partial charge is 0.325 e. The quantitative estimate of drug-likeness (QED) is 0.850. The van der Waals surface area contributed by atoms with Gasteiger partial charge in [0, 0.05) is 0 Å². The van der Waals surface area contributed by atoms with Gasteiger partial charge in [-0.25, -0.2) is 14.1 Å². The fourth-order valence-corrected chi connectivity index (χ4v) is 2.30. The minimum absolute atomic E-state index is 0.00616. The van der Waals surface area contributed by atoms with Gasteiger partial charge in [0.25, 0.3) is 5.91 Å². The minimum atomic E-state index is -0.577. The predicted molar refractivity (Wildman–Crippen MR) is 69.2 cm³/mol. The largest absolute Gasteiger partial charge is 0.329 e. The lowest BCUT2D eigenvalue weighted by atomic mass is 10.2. The first-order valence-corrected chi connectivity index (χ1v) is 6.92. The second-order valence-corrected chi connectivity index (χ2v) is 4.89. The molecule has 0 saturated carbocycles. The lowest BCUT2D eigenvalue weighted by Crippen LogP contribution is -2.32. The Labute approximate surface area is 109 Å². The topological polar surface area (TPSA) is 49.4 Å². The van der Waals surface area contributed by atoms with Crippen molar-refractivity contribution in [3.8, 4) is 0 Å². The molecule has 4 nitrogen and oxygen atoms in total. The number of imide groups is 1. The molecule has 6 heteroatoms. The Hall–Kier alpha value is -1.56. The molecule has 1 atom stereocenters. The molecule has 1 aliphatic heterocycles. The van der Waals surface area contributed by atoms with E-state index in [1.807, 2.05) is 6.26 Å². The lowest BCUT2D eigenvalue weighted by Gasteiger charge is -2.13. The second-order valence-electron chi connectivity index (χ2n) is 3.91. The highest BCUT2D eigenvalue weighted by molar-refractivity contribution is 7.98. The van der Waals surface area contributed by atoms with Crippen LogP contribution in [-0.2, 0) is 4.79 Å². The maximum atomic E-state index is 13.6. The van der Waals surface area contributed by atoms with Crippen molar-refractivity contribution in [2.75, 3.05) is 16.9 Å². The number of urea groups is 1. The van der Waals surface area contributed by atoms with Crippen LogP contribution in [-0.4, -0.2) is 30.0 Å². The Kier molecular flexibility index (Phi) is 3.86. The van der Waals surface area contributed by atoms with Gasteiger partial charge in [-0.05, 0) is 30.6 Å². The van der Waals surface area contributed by atoms with Crippen LogP contribution in [0, 0.1) is 5.82 Å². The van der Waals surface area contributed by atoms with E-state index < -0.39 is 17.9 Å². The van der Waals surface area contributed by atoms with E-state index in [1.165, 1.54) is 18.2 Å². The third-order valence-corrected chi connectivity index (χ3v) is 3.37.